The van der Waals surface area contributed by atoms with Crippen LogP contribution >= 0.6 is 0 Å². The molecule has 1 atom stereocenters. The zero-order valence-corrected chi connectivity index (χ0v) is 18.1. The van der Waals surface area contributed by atoms with E-state index in [4.69, 9.17) is 0 Å². The molecule has 3 aromatic rings. The second-order valence-corrected chi connectivity index (χ2v) is 7.44. The van der Waals surface area contributed by atoms with Gasteiger partial charge < -0.3 is 15.1 Å². The lowest BCUT2D eigenvalue weighted by Crippen LogP contribution is -2.39. The van der Waals surface area contributed by atoms with Crippen LogP contribution < -0.4 is 5.32 Å². The zero-order chi connectivity index (χ0) is 22.2. The number of nitrogens with zero attached hydrogens (tertiary/aromatic N) is 5. The highest BCUT2D eigenvalue weighted by Gasteiger charge is 2.18. The zero-order valence-electron chi connectivity index (χ0n) is 18.1. The van der Waals surface area contributed by atoms with Crippen LogP contribution in [0.4, 0.5) is 4.79 Å². The highest BCUT2D eigenvalue weighted by molar-refractivity contribution is 5.78. The van der Waals surface area contributed by atoms with Crippen molar-refractivity contribution in [2.45, 2.75) is 25.9 Å². The number of hydrogen-bond acceptors (Lipinski definition) is 4. The van der Waals surface area contributed by atoms with E-state index in [0.29, 0.717) is 13.1 Å². The molecule has 2 aromatic carbocycles. The molecule has 1 heterocycles. The molecule has 8 heteroatoms. The van der Waals surface area contributed by atoms with E-state index in [-0.39, 0.29) is 24.4 Å². The van der Waals surface area contributed by atoms with Crippen molar-refractivity contribution in [1.29, 1.82) is 0 Å². The van der Waals surface area contributed by atoms with Crippen molar-refractivity contribution in [2.75, 3.05) is 20.6 Å². The Morgan fingerprint density at radius 3 is 2.42 bits per heavy atom. The molecule has 0 aliphatic carbocycles. The molecule has 0 radical (unpaired) electrons. The highest BCUT2D eigenvalue weighted by atomic mass is 16.2. The molecular formula is C23H28N6O2. The molecule has 31 heavy (non-hydrogen) atoms. The summed E-state index contributed by atoms with van der Waals surface area (Å²) < 4.78 is 1.68. The maximum atomic E-state index is 12.6. The van der Waals surface area contributed by atoms with Gasteiger partial charge in [0.2, 0.25) is 5.91 Å². The Labute approximate surface area is 182 Å². The van der Waals surface area contributed by atoms with E-state index in [9.17, 15) is 9.59 Å². The van der Waals surface area contributed by atoms with Crippen molar-refractivity contribution < 1.29 is 9.59 Å². The predicted octanol–water partition coefficient (Wildman–Crippen LogP) is 3.02. The summed E-state index contributed by atoms with van der Waals surface area (Å²) in [7, 11) is 3.52. The van der Waals surface area contributed by atoms with Crippen molar-refractivity contribution in [3.63, 3.8) is 0 Å². The molecule has 1 unspecified atom stereocenters. The van der Waals surface area contributed by atoms with Crippen molar-refractivity contribution in [3.05, 3.63) is 78.4 Å². The Balaban J connectivity index is 1.45. The Kier molecular flexibility index (Phi) is 7.37. The van der Waals surface area contributed by atoms with Crippen molar-refractivity contribution >= 4 is 11.9 Å². The summed E-state index contributed by atoms with van der Waals surface area (Å²) in [6, 6.07) is 17.3. The largest absolute Gasteiger partial charge is 0.339 e. The number of rotatable bonds is 8. The Morgan fingerprint density at radius 1 is 1.06 bits per heavy atom. The molecule has 3 amide bonds. The Morgan fingerprint density at radius 2 is 1.77 bits per heavy atom. The fourth-order valence-electron chi connectivity index (χ4n) is 3.20. The third-order valence-electron chi connectivity index (χ3n) is 5.26. The third kappa shape index (κ3) is 5.91. The topological polar surface area (TPSA) is 83.4 Å². The molecule has 0 bridgehead atoms. The first kappa shape index (κ1) is 22.0. The first-order valence-electron chi connectivity index (χ1n) is 10.2. The normalized spacial score (nSPS) is 11.6. The van der Waals surface area contributed by atoms with Gasteiger partial charge >= 0.3 is 6.03 Å². The summed E-state index contributed by atoms with van der Waals surface area (Å²) in [6.07, 6.45) is 3.36. The fraction of sp³-hybridized carbons (Fsp3) is 0.304. The summed E-state index contributed by atoms with van der Waals surface area (Å²) in [5.74, 6) is -0.0288. The van der Waals surface area contributed by atoms with E-state index < -0.39 is 0 Å². The van der Waals surface area contributed by atoms with Crippen LogP contribution in [0.2, 0.25) is 0 Å². The van der Waals surface area contributed by atoms with Gasteiger partial charge in [-0.3, -0.25) is 4.79 Å². The minimum absolute atomic E-state index is 0.0288. The van der Waals surface area contributed by atoms with Crippen molar-refractivity contribution in [2.24, 2.45) is 0 Å². The summed E-state index contributed by atoms with van der Waals surface area (Å²) >= 11 is 0. The standard InChI is InChI=1S/C23H28N6O2/c1-18(20-9-11-21(12-10-20)29-17-24-16-26-29)28(3)22(30)13-14-25-23(31)27(2)15-19-7-5-4-6-8-19/h4-12,16-18H,13-15H2,1-3H3,(H,25,31). The van der Waals surface area contributed by atoms with Crippen LogP contribution in [0.25, 0.3) is 5.69 Å². The van der Waals surface area contributed by atoms with Gasteiger partial charge in [0.25, 0.3) is 0 Å². The molecule has 0 aliphatic heterocycles. The van der Waals surface area contributed by atoms with Gasteiger partial charge in [0, 0.05) is 33.6 Å². The number of carbonyl (C=O) groups is 2. The number of carbonyl (C=O) groups excluding carboxylic acids is 2. The van der Waals surface area contributed by atoms with Gasteiger partial charge in [-0.1, -0.05) is 42.5 Å². The second-order valence-electron chi connectivity index (χ2n) is 7.44. The maximum absolute atomic E-state index is 12.6. The molecule has 0 saturated heterocycles. The SMILES string of the molecule is CC(c1ccc(-n2cncn2)cc1)N(C)C(=O)CCNC(=O)N(C)Cc1ccccc1. The summed E-state index contributed by atoms with van der Waals surface area (Å²) in [4.78, 5) is 32.1. The first-order valence-corrected chi connectivity index (χ1v) is 10.2. The van der Waals surface area contributed by atoms with Crippen LogP contribution in [0.5, 0.6) is 0 Å². The average molecular weight is 421 g/mol. The van der Waals surface area contributed by atoms with Crippen molar-refractivity contribution in [1.82, 2.24) is 29.9 Å². The number of amides is 3. The van der Waals surface area contributed by atoms with Crippen LogP contribution in [0.1, 0.15) is 30.5 Å². The van der Waals surface area contributed by atoms with Gasteiger partial charge in [-0.05, 0) is 30.2 Å². The molecule has 8 nitrogen and oxygen atoms in total. The molecule has 162 valence electrons. The van der Waals surface area contributed by atoms with Crippen LogP contribution in [0.15, 0.2) is 67.3 Å². The van der Waals surface area contributed by atoms with Crippen LogP contribution in [0, 0.1) is 0 Å². The van der Waals surface area contributed by atoms with Gasteiger partial charge in [0.15, 0.2) is 0 Å². The number of nitrogens with one attached hydrogen (secondary N) is 1. The quantitative estimate of drug-likeness (QED) is 0.607. The average Bonchev–Trinajstić information content (AvgIpc) is 3.33. The molecule has 0 fully saturated rings. The van der Waals surface area contributed by atoms with Crippen LogP contribution in [-0.2, 0) is 11.3 Å². The smallest absolute Gasteiger partial charge is 0.317 e. The van der Waals surface area contributed by atoms with E-state index in [0.717, 1.165) is 16.8 Å². The summed E-state index contributed by atoms with van der Waals surface area (Å²) in [5.41, 5.74) is 2.98. The molecule has 1 N–H and O–H groups in total. The lowest BCUT2D eigenvalue weighted by molar-refractivity contribution is -0.131. The summed E-state index contributed by atoms with van der Waals surface area (Å²) in [6.45, 7) is 2.79. The van der Waals surface area contributed by atoms with E-state index in [2.05, 4.69) is 15.4 Å². The van der Waals surface area contributed by atoms with Gasteiger partial charge in [-0.25, -0.2) is 14.5 Å². The molecule has 0 saturated carbocycles. The lowest BCUT2D eigenvalue weighted by atomic mass is 10.1. The molecular weight excluding hydrogens is 392 g/mol. The molecule has 0 aliphatic rings. The maximum Gasteiger partial charge on any atom is 0.317 e. The third-order valence-corrected chi connectivity index (χ3v) is 5.26. The van der Waals surface area contributed by atoms with E-state index in [1.54, 1.807) is 34.9 Å². The number of aromatic nitrogens is 3. The van der Waals surface area contributed by atoms with Crippen molar-refractivity contribution in [3.8, 4) is 5.69 Å². The predicted molar refractivity (Wildman–Crippen MR) is 118 cm³/mol. The Hall–Kier alpha value is -3.68. The highest BCUT2D eigenvalue weighted by Crippen LogP contribution is 2.20. The van der Waals surface area contributed by atoms with E-state index in [1.807, 2.05) is 61.5 Å². The summed E-state index contributed by atoms with van der Waals surface area (Å²) in [5, 5.41) is 6.93. The van der Waals surface area contributed by atoms with Gasteiger partial charge in [0.05, 0.1) is 11.7 Å². The Bertz CT molecular complexity index is 973. The minimum atomic E-state index is -0.198. The van der Waals surface area contributed by atoms with Gasteiger partial charge in [-0.15, -0.1) is 0 Å². The molecule has 3 rings (SSSR count). The first-order chi connectivity index (χ1) is 15.0. The monoisotopic (exact) mass is 420 g/mol. The van der Waals surface area contributed by atoms with Crippen LogP contribution in [0.3, 0.4) is 0 Å². The molecule has 1 aromatic heterocycles. The van der Waals surface area contributed by atoms with Crippen LogP contribution in [-0.4, -0.2) is 57.1 Å². The van der Waals surface area contributed by atoms with Gasteiger partial charge in [0.1, 0.15) is 12.7 Å². The van der Waals surface area contributed by atoms with E-state index >= 15 is 0 Å². The second kappa shape index (κ2) is 10.4. The number of hydrogen-bond donors (Lipinski definition) is 1. The number of urea groups is 1. The number of benzene rings is 2. The van der Waals surface area contributed by atoms with E-state index in [1.165, 1.54) is 6.33 Å². The lowest BCUT2D eigenvalue weighted by Gasteiger charge is -2.26. The molecule has 0 spiro atoms. The fourth-order valence-corrected chi connectivity index (χ4v) is 3.20. The van der Waals surface area contributed by atoms with Gasteiger partial charge in [-0.2, -0.15) is 5.10 Å². The minimum Gasteiger partial charge on any atom is -0.339 e.